The summed E-state index contributed by atoms with van der Waals surface area (Å²) < 4.78 is 2.12. The molecule has 0 spiro atoms. The van der Waals surface area contributed by atoms with Crippen molar-refractivity contribution in [3.8, 4) is 0 Å². The molecule has 0 radical (unpaired) electrons. The molecular formula is C11H11BrClN5O. The Morgan fingerprint density at radius 2 is 2.32 bits per heavy atom. The number of nitrogen functional groups attached to an aromatic ring is 1. The lowest BCUT2D eigenvalue weighted by Crippen LogP contribution is -2.19. The maximum absolute atomic E-state index is 11.8. The predicted molar refractivity (Wildman–Crippen MR) is 77.0 cm³/mol. The lowest BCUT2D eigenvalue weighted by molar-refractivity contribution is -0.116. The van der Waals surface area contributed by atoms with Crippen LogP contribution in [0.1, 0.15) is 5.56 Å². The van der Waals surface area contributed by atoms with E-state index in [0.717, 1.165) is 10.0 Å². The van der Waals surface area contributed by atoms with Gasteiger partial charge in [0.05, 0.1) is 5.69 Å². The lowest BCUT2D eigenvalue weighted by Gasteiger charge is -2.09. The zero-order valence-corrected chi connectivity index (χ0v) is 12.4. The Bertz CT molecular complexity index is 628. The molecule has 1 amide bonds. The molecule has 1 aromatic heterocycles. The molecule has 0 atom stereocenters. The molecular weight excluding hydrogens is 334 g/mol. The summed E-state index contributed by atoms with van der Waals surface area (Å²) in [5.41, 5.74) is 6.90. The molecule has 100 valence electrons. The number of aryl methyl sites for hydroxylation is 1. The number of aromatic nitrogens is 3. The molecule has 3 N–H and O–H groups in total. The topological polar surface area (TPSA) is 85.8 Å². The van der Waals surface area contributed by atoms with Crippen LogP contribution in [0.5, 0.6) is 0 Å². The van der Waals surface area contributed by atoms with Crippen molar-refractivity contribution in [3.05, 3.63) is 33.5 Å². The van der Waals surface area contributed by atoms with E-state index < -0.39 is 0 Å². The van der Waals surface area contributed by atoms with Crippen LogP contribution in [0.3, 0.4) is 0 Å². The van der Waals surface area contributed by atoms with Gasteiger partial charge in [0.25, 0.3) is 0 Å². The Hall–Kier alpha value is -1.60. The number of carbonyl (C=O) groups excluding carboxylic acids is 1. The Morgan fingerprint density at radius 1 is 1.58 bits per heavy atom. The summed E-state index contributed by atoms with van der Waals surface area (Å²) in [7, 11) is 0. The second-order valence-corrected chi connectivity index (χ2v) is 5.19. The van der Waals surface area contributed by atoms with Gasteiger partial charge in [-0.15, -0.1) is 5.10 Å². The van der Waals surface area contributed by atoms with E-state index in [0.29, 0.717) is 10.7 Å². The summed E-state index contributed by atoms with van der Waals surface area (Å²) in [4.78, 5) is 15.6. The summed E-state index contributed by atoms with van der Waals surface area (Å²) in [5, 5.41) is 7.15. The van der Waals surface area contributed by atoms with Gasteiger partial charge >= 0.3 is 0 Å². The molecule has 8 heteroatoms. The highest BCUT2D eigenvalue weighted by Gasteiger charge is 2.09. The van der Waals surface area contributed by atoms with Crippen LogP contribution in [0, 0.1) is 6.92 Å². The van der Waals surface area contributed by atoms with E-state index in [4.69, 9.17) is 17.3 Å². The third-order valence-corrected chi connectivity index (χ3v) is 3.45. The lowest BCUT2D eigenvalue weighted by atomic mass is 10.2. The molecule has 0 saturated heterocycles. The first-order valence-corrected chi connectivity index (χ1v) is 6.53. The monoisotopic (exact) mass is 343 g/mol. The second kappa shape index (κ2) is 5.58. The molecule has 0 saturated carbocycles. The van der Waals surface area contributed by atoms with Crippen LogP contribution in [-0.2, 0) is 11.3 Å². The Balaban J connectivity index is 2.09. The molecule has 0 aliphatic rings. The van der Waals surface area contributed by atoms with Crippen LogP contribution >= 0.6 is 27.5 Å². The SMILES string of the molecule is Cc1cc(Br)c(NC(=O)Cn2cnc(N)n2)cc1Cl. The number of hydrogen-bond acceptors (Lipinski definition) is 4. The van der Waals surface area contributed by atoms with Gasteiger partial charge in [0.1, 0.15) is 12.9 Å². The normalized spacial score (nSPS) is 10.5. The number of anilines is 2. The first-order valence-electron chi connectivity index (χ1n) is 5.36. The zero-order chi connectivity index (χ0) is 14.0. The van der Waals surface area contributed by atoms with Crippen molar-refractivity contribution in [1.82, 2.24) is 14.8 Å². The zero-order valence-electron chi connectivity index (χ0n) is 10.0. The average molecular weight is 345 g/mol. The number of rotatable bonds is 3. The Kier molecular flexibility index (Phi) is 4.06. The third kappa shape index (κ3) is 3.45. The van der Waals surface area contributed by atoms with Crippen molar-refractivity contribution in [2.75, 3.05) is 11.1 Å². The van der Waals surface area contributed by atoms with Crippen LogP contribution in [0.25, 0.3) is 0 Å². The number of amides is 1. The minimum Gasteiger partial charge on any atom is -0.367 e. The summed E-state index contributed by atoms with van der Waals surface area (Å²) in [6, 6.07) is 3.53. The van der Waals surface area contributed by atoms with E-state index in [-0.39, 0.29) is 18.4 Å². The average Bonchev–Trinajstić information content (AvgIpc) is 2.71. The van der Waals surface area contributed by atoms with E-state index in [9.17, 15) is 4.79 Å². The van der Waals surface area contributed by atoms with Gasteiger partial charge in [-0.3, -0.25) is 4.79 Å². The number of nitrogens with zero attached hydrogens (tertiary/aromatic N) is 3. The standard InChI is InChI=1S/C11H11BrClN5O/c1-6-2-7(12)9(3-8(6)13)16-10(19)4-18-5-15-11(14)17-18/h2-3,5H,4H2,1H3,(H2,14,17)(H,16,19). The molecule has 6 nitrogen and oxygen atoms in total. The van der Waals surface area contributed by atoms with Crippen molar-refractivity contribution in [2.24, 2.45) is 0 Å². The number of hydrogen-bond donors (Lipinski definition) is 2. The number of carbonyl (C=O) groups is 1. The van der Waals surface area contributed by atoms with Crippen molar-refractivity contribution in [3.63, 3.8) is 0 Å². The quantitative estimate of drug-likeness (QED) is 0.894. The largest absolute Gasteiger partial charge is 0.367 e. The fourth-order valence-corrected chi connectivity index (χ4v) is 2.18. The van der Waals surface area contributed by atoms with Gasteiger partial charge in [-0.05, 0) is 40.5 Å². The fraction of sp³-hybridized carbons (Fsp3) is 0.182. The number of halogens is 2. The highest BCUT2D eigenvalue weighted by Crippen LogP contribution is 2.29. The van der Waals surface area contributed by atoms with E-state index in [1.165, 1.54) is 11.0 Å². The highest BCUT2D eigenvalue weighted by atomic mass is 79.9. The third-order valence-electron chi connectivity index (χ3n) is 2.38. The summed E-state index contributed by atoms with van der Waals surface area (Å²) in [6.45, 7) is 1.92. The molecule has 1 heterocycles. The summed E-state index contributed by atoms with van der Waals surface area (Å²) >= 11 is 9.39. The van der Waals surface area contributed by atoms with Crippen LogP contribution in [-0.4, -0.2) is 20.7 Å². The van der Waals surface area contributed by atoms with Crippen LogP contribution < -0.4 is 11.1 Å². The first kappa shape index (κ1) is 13.8. The minimum absolute atomic E-state index is 0.0299. The van der Waals surface area contributed by atoms with Gasteiger partial charge in [0, 0.05) is 9.50 Å². The molecule has 0 fully saturated rings. The molecule has 0 aliphatic heterocycles. The van der Waals surface area contributed by atoms with Crippen molar-refractivity contribution >= 4 is 45.1 Å². The number of nitrogens with one attached hydrogen (secondary N) is 1. The number of nitrogens with two attached hydrogens (primary N) is 1. The van der Waals surface area contributed by atoms with Gasteiger partial charge in [-0.1, -0.05) is 11.6 Å². The van der Waals surface area contributed by atoms with Gasteiger partial charge in [-0.25, -0.2) is 9.67 Å². The molecule has 0 unspecified atom stereocenters. The summed E-state index contributed by atoms with van der Waals surface area (Å²) in [5.74, 6) is -0.113. The molecule has 0 aliphatic carbocycles. The highest BCUT2D eigenvalue weighted by molar-refractivity contribution is 9.10. The maximum Gasteiger partial charge on any atom is 0.246 e. The van der Waals surface area contributed by atoms with E-state index in [1.54, 1.807) is 6.07 Å². The molecule has 0 bridgehead atoms. The van der Waals surface area contributed by atoms with Gasteiger partial charge in [0.2, 0.25) is 11.9 Å². The number of benzene rings is 1. The molecule has 2 rings (SSSR count). The predicted octanol–water partition coefficient (Wildman–Crippen LogP) is 2.22. The van der Waals surface area contributed by atoms with E-state index in [2.05, 4.69) is 31.3 Å². The summed E-state index contributed by atoms with van der Waals surface area (Å²) in [6.07, 6.45) is 1.39. The van der Waals surface area contributed by atoms with Crippen LogP contribution in [0.15, 0.2) is 22.9 Å². The molecule has 1 aromatic carbocycles. The second-order valence-electron chi connectivity index (χ2n) is 3.93. The van der Waals surface area contributed by atoms with Gasteiger partial charge in [0.15, 0.2) is 0 Å². The fourth-order valence-electron chi connectivity index (χ4n) is 1.46. The van der Waals surface area contributed by atoms with E-state index >= 15 is 0 Å². The van der Waals surface area contributed by atoms with Gasteiger partial charge in [-0.2, -0.15) is 0 Å². The van der Waals surface area contributed by atoms with Gasteiger partial charge < -0.3 is 11.1 Å². The maximum atomic E-state index is 11.8. The Morgan fingerprint density at radius 3 is 2.95 bits per heavy atom. The Labute approximate surface area is 123 Å². The first-order chi connectivity index (χ1) is 8.95. The van der Waals surface area contributed by atoms with Crippen molar-refractivity contribution in [1.29, 1.82) is 0 Å². The van der Waals surface area contributed by atoms with Crippen molar-refractivity contribution in [2.45, 2.75) is 13.5 Å². The molecule has 19 heavy (non-hydrogen) atoms. The van der Waals surface area contributed by atoms with E-state index in [1.807, 2.05) is 13.0 Å². The van der Waals surface area contributed by atoms with Crippen molar-refractivity contribution < 1.29 is 4.79 Å². The van der Waals surface area contributed by atoms with Crippen LogP contribution in [0.2, 0.25) is 5.02 Å². The smallest absolute Gasteiger partial charge is 0.246 e. The molecule has 2 aromatic rings. The van der Waals surface area contributed by atoms with Crippen LogP contribution in [0.4, 0.5) is 11.6 Å². The minimum atomic E-state index is -0.245.